The molecule has 23 heavy (non-hydrogen) atoms. The molecule has 1 fully saturated rings. The number of nitrogens with zero attached hydrogens (tertiary/aromatic N) is 1. The molecule has 7 nitrogen and oxygen atoms in total. The van der Waals surface area contributed by atoms with Gasteiger partial charge in [-0.3, -0.25) is 14.2 Å². The average Bonchev–Trinajstić information content (AvgIpc) is 2.54. The molecule has 0 unspecified atom stereocenters. The van der Waals surface area contributed by atoms with E-state index < -0.39 is 17.4 Å². The van der Waals surface area contributed by atoms with Crippen molar-refractivity contribution in [2.75, 3.05) is 6.54 Å². The molecular formula is C16H19N3O4. The molecule has 0 bridgehead atoms. The second-order valence-corrected chi connectivity index (χ2v) is 5.88. The van der Waals surface area contributed by atoms with Crippen molar-refractivity contribution >= 4 is 16.7 Å². The number of hydrogen-bond acceptors (Lipinski definition) is 5. The number of benzene rings is 1. The normalized spacial score (nSPS) is 21.4. The van der Waals surface area contributed by atoms with E-state index in [0.717, 1.165) is 17.5 Å². The van der Waals surface area contributed by atoms with Gasteiger partial charge in [-0.15, -0.1) is 0 Å². The largest absolute Gasteiger partial charge is 0.391 e. The number of H-pyrrole nitrogens is 1. The Labute approximate surface area is 132 Å². The fourth-order valence-corrected chi connectivity index (χ4v) is 2.97. The van der Waals surface area contributed by atoms with Gasteiger partial charge in [0.05, 0.1) is 23.6 Å². The number of fused-ring (bicyclic) bond motifs is 1. The Bertz CT molecular complexity index is 839. The van der Waals surface area contributed by atoms with Crippen LogP contribution in [0.4, 0.5) is 0 Å². The summed E-state index contributed by atoms with van der Waals surface area (Å²) < 4.78 is 0.917. The molecule has 3 N–H and O–H groups in total. The summed E-state index contributed by atoms with van der Waals surface area (Å²) in [6.07, 6.45) is 1.05. The smallest absolute Gasteiger partial charge is 0.329 e. The van der Waals surface area contributed by atoms with E-state index >= 15 is 0 Å². The van der Waals surface area contributed by atoms with Crippen molar-refractivity contribution in [2.45, 2.75) is 38.0 Å². The third kappa shape index (κ3) is 3.25. The van der Waals surface area contributed by atoms with Crippen LogP contribution >= 0.6 is 0 Å². The van der Waals surface area contributed by atoms with E-state index in [1.165, 1.54) is 0 Å². The first-order valence-corrected chi connectivity index (χ1v) is 7.71. The Hall–Kier alpha value is -2.25. The van der Waals surface area contributed by atoms with E-state index in [9.17, 15) is 19.5 Å². The predicted molar refractivity (Wildman–Crippen MR) is 85.5 cm³/mol. The molecule has 1 aromatic carbocycles. The summed E-state index contributed by atoms with van der Waals surface area (Å²) in [5.41, 5.74) is -0.621. The molecule has 1 aromatic heterocycles. The first-order valence-electron chi connectivity index (χ1n) is 7.71. The summed E-state index contributed by atoms with van der Waals surface area (Å²) in [7, 11) is 0. The second kappa shape index (κ2) is 6.47. The summed E-state index contributed by atoms with van der Waals surface area (Å²) in [5.74, 6) is -0.258. The number of carbonyl (C=O) groups excluding carboxylic acids is 1. The SMILES string of the molecule is O=C(C[C@H]1NCCC[C@@H]1O)Cn1c(=O)[nH]c2ccccc2c1=O. The first-order chi connectivity index (χ1) is 11.1. The lowest BCUT2D eigenvalue weighted by Gasteiger charge is -2.28. The quantitative estimate of drug-likeness (QED) is 0.722. The Morgan fingerprint density at radius 3 is 2.87 bits per heavy atom. The molecule has 0 aliphatic carbocycles. The number of nitrogens with one attached hydrogen (secondary N) is 2. The number of ketones is 1. The maximum atomic E-state index is 12.4. The van der Waals surface area contributed by atoms with Gasteiger partial charge in [0, 0.05) is 12.5 Å². The van der Waals surface area contributed by atoms with Crippen molar-refractivity contribution in [3.63, 3.8) is 0 Å². The molecule has 2 atom stereocenters. The van der Waals surface area contributed by atoms with E-state index in [4.69, 9.17) is 0 Å². The van der Waals surface area contributed by atoms with Crippen LogP contribution in [0.2, 0.25) is 0 Å². The van der Waals surface area contributed by atoms with Crippen molar-refractivity contribution in [3.8, 4) is 0 Å². The molecular weight excluding hydrogens is 298 g/mol. The number of carbonyl (C=O) groups is 1. The monoisotopic (exact) mass is 317 g/mol. The van der Waals surface area contributed by atoms with Crippen LogP contribution in [0.1, 0.15) is 19.3 Å². The van der Waals surface area contributed by atoms with Gasteiger partial charge in [-0.25, -0.2) is 4.79 Å². The highest BCUT2D eigenvalue weighted by atomic mass is 16.3. The second-order valence-electron chi connectivity index (χ2n) is 5.88. The lowest BCUT2D eigenvalue weighted by Crippen LogP contribution is -2.47. The topological polar surface area (TPSA) is 104 Å². The fourth-order valence-electron chi connectivity index (χ4n) is 2.97. The van der Waals surface area contributed by atoms with Crippen LogP contribution in [-0.4, -0.2) is 39.1 Å². The summed E-state index contributed by atoms with van der Waals surface area (Å²) >= 11 is 0. The molecule has 0 amide bonds. The minimum Gasteiger partial charge on any atom is -0.391 e. The van der Waals surface area contributed by atoms with Crippen LogP contribution in [0.25, 0.3) is 10.9 Å². The van der Waals surface area contributed by atoms with Gasteiger partial charge in [-0.05, 0) is 31.5 Å². The molecule has 2 heterocycles. The number of aromatic amines is 1. The number of piperidine rings is 1. The molecule has 0 saturated carbocycles. The predicted octanol–water partition coefficient (Wildman–Crippen LogP) is -0.238. The van der Waals surface area contributed by atoms with Crippen LogP contribution in [0, 0.1) is 0 Å². The average molecular weight is 317 g/mol. The van der Waals surface area contributed by atoms with E-state index in [1.54, 1.807) is 24.3 Å². The molecule has 0 spiro atoms. The molecule has 0 radical (unpaired) electrons. The van der Waals surface area contributed by atoms with Crippen LogP contribution in [0.15, 0.2) is 33.9 Å². The molecule has 1 saturated heterocycles. The minimum absolute atomic E-state index is 0.0971. The summed E-state index contributed by atoms with van der Waals surface area (Å²) in [5, 5.41) is 13.4. The number of aliphatic hydroxyl groups excluding tert-OH is 1. The zero-order valence-electron chi connectivity index (χ0n) is 12.6. The maximum Gasteiger partial charge on any atom is 0.329 e. The van der Waals surface area contributed by atoms with Gasteiger partial charge in [0.1, 0.15) is 0 Å². The molecule has 1 aliphatic rings. The number of para-hydroxylation sites is 1. The Morgan fingerprint density at radius 2 is 2.09 bits per heavy atom. The van der Waals surface area contributed by atoms with Crippen molar-refractivity contribution < 1.29 is 9.90 Å². The van der Waals surface area contributed by atoms with Crippen LogP contribution in [0.3, 0.4) is 0 Å². The number of aliphatic hydroxyl groups is 1. The van der Waals surface area contributed by atoms with Gasteiger partial charge < -0.3 is 15.4 Å². The molecule has 1 aliphatic heterocycles. The van der Waals surface area contributed by atoms with Crippen molar-refractivity contribution in [2.24, 2.45) is 0 Å². The van der Waals surface area contributed by atoms with Crippen LogP contribution < -0.4 is 16.6 Å². The number of hydrogen-bond donors (Lipinski definition) is 3. The van der Waals surface area contributed by atoms with Gasteiger partial charge >= 0.3 is 5.69 Å². The lowest BCUT2D eigenvalue weighted by molar-refractivity contribution is -0.121. The number of Topliss-reactive ketones (excluding diaryl/α,β-unsaturated/α-hetero) is 1. The highest BCUT2D eigenvalue weighted by Crippen LogP contribution is 2.12. The fraction of sp³-hybridized carbons (Fsp3) is 0.438. The first kappa shape index (κ1) is 15.6. The summed E-state index contributed by atoms with van der Waals surface area (Å²) in [6, 6.07) is 6.37. The van der Waals surface area contributed by atoms with Gasteiger partial charge in [-0.2, -0.15) is 0 Å². The standard InChI is InChI=1S/C16H19N3O4/c20-10(8-13-14(21)6-3-7-17-13)9-19-15(22)11-4-1-2-5-12(11)18-16(19)23/h1-2,4-5,13-14,17,21H,3,6-9H2,(H,18,23)/t13-,14+/m1/s1. The zero-order chi connectivity index (χ0) is 16.4. The summed E-state index contributed by atoms with van der Waals surface area (Å²) in [4.78, 5) is 39.2. The number of rotatable bonds is 4. The molecule has 7 heteroatoms. The third-order valence-corrected chi connectivity index (χ3v) is 4.22. The Kier molecular flexibility index (Phi) is 4.40. The van der Waals surface area contributed by atoms with Crippen molar-refractivity contribution in [1.29, 1.82) is 0 Å². The van der Waals surface area contributed by atoms with Crippen molar-refractivity contribution in [1.82, 2.24) is 14.9 Å². The number of aromatic nitrogens is 2. The molecule has 122 valence electrons. The maximum absolute atomic E-state index is 12.4. The van der Waals surface area contributed by atoms with Gasteiger partial charge in [0.2, 0.25) is 0 Å². The Morgan fingerprint density at radius 1 is 1.30 bits per heavy atom. The molecule has 3 rings (SSSR count). The van der Waals surface area contributed by atoms with E-state index in [1.807, 2.05) is 0 Å². The van der Waals surface area contributed by atoms with Crippen molar-refractivity contribution in [3.05, 3.63) is 45.1 Å². The van der Waals surface area contributed by atoms with Gasteiger partial charge in [0.25, 0.3) is 5.56 Å². The van der Waals surface area contributed by atoms with E-state index in [2.05, 4.69) is 10.3 Å². The third-order valence-electron chi connectivity index (χ3n) is 4.22. The van der Waals surface area contributed by atoms with Gasteiger partial charge in [0.15, 0.2) is 5.78 Å². The van der Waals surface area contributed by atoms with Gasteiger partial charge in [-0.1, -0.05) is 12.1 Å². The lowest BCUT2D eigenvalue weighted by atomic mass is 9.97. The zero-order valence-corrected chi connectivity index (χ0v) is 12.6. The Balaban J connectivity index is 1.82. The highest BCUT2D eigenvalue weighted by Gasteiger charge is 2.25. The van der Waals surface area contributed by atoms with E-state index in [0.29, 0.717) is 17.3 Å². The van der Waals surface area contributed by atoms with Crippen LogP contribution in [-0.2, 0) is 11.3 Å². The van der Waals surface area contributed by atoms with Crippen LogP contribution in [0.5, 0.6) is 0 Å². The molecule has 2 aromatic rings. The minimum atomic E-state index is -0.598. The highest BCUT2D eigenvalue weighted by molar-refractivity contribution is 5.80. The van der Waals surface area contributed by atoms with E-state index in [-0.39, 0.29) is 24.8 Å². The summed E-state index contributed by atoms with van der Waals surface area (Å²) in [6.45, 7) is 0.468.